The quantitative estimate of drug-likeness (QED) is 0.0511. The number of nitrogens with one attached hydrogen (secondary N) is 5. The molecular formula is C27H41N9O7. The van der Waals surface area contributed by atoms with Gasteiger partial charge in [0.15, 0.2) is 5.96 Å². The summed E-state index contributed by atoms with van der Waals surface area (Å²) in [6.45, 7) is 2.25. The van der Waals surface area contributed by atoms with Gasteiger partial charge in [0, 0.05) is 30.1 Å². The number of aliphatic hydroxyl groups excluding tert-OH is 1. The van der Waals surface area contributed by atoms with E-state index in [1.54, 1.807) is 20.0 Å². The molecule has 0 aliphatic heterocycles. The Hall–Kier alpha value is -4.70. The summed E-state index contributed by atoms with van der Waals surface area (Å²) in [6, 6.07) is 2.68. The number of H-pyrrole nitrogens is 1. The smallest absolute Gasteiger partial charge is 0.328 e. The number of carbonyl (C=O) groups excluding carboxylic acids is 4. The lowest BCUT2D eigenvalue weighted by molar-refractivity contribution is -0.143. The van der Waals surface area contributed by atoms with Gasteiger partial charge in [-0.25, -0.2) is 4.79 Å². The van der Waals surface area contributed by atoms with E-state index in [9.17, 15) is 29.1 Å². The van der Waals surface area contributed by atoms with Crippen LogP contribution in [-0.4, -0.2) is 94.6 Å². The van der Waals surface area contributed by atoms with Crippen molar-refractivity contribution >= 4 is 46.5 Å². The second kappa shape index (κ2) is 16.7. The maximum absolute atomic E-state index is 13.2. The van der Waals surface area contributed by atoms with Gasteiger partial charge in [-0.1, -0.05) is 32.0 Å². The Balaban J connectivity index is 2.13. The largest absolute Gasteiger partial charge is 0.480 e. The average Bonchev–Trinajstić information content (AvgIpc) is 3.37. The van der Waals surface area contributed by atoms with Gasteiger partial charge in [-0.2, -0.15) is 0 Å². The summed E-state index contributed by atoms with van der Waals surface area (Å²) in [5.74, 6) is -4.64. The van der Waals surface area contributed by atoms with Crippen molar-refractivity contribution in [2.75, 3.05) is 19.7 Å². The first-order valence-electron chi connectivity index (χ1n) is 13.7. The summed E-state index contributed by atoms with van der Waals surface area (Å²) in [7, 11) is 0. The molecule has 236 valence electrons. The number of guanidine groups is 1. The molecule has 1 heterocycles. The van der Waals surface area contributed by atoms with E-state index in [0.717, 1.165) is 16.5 Å². The molecule has 0 unspecified atom stereocenters. The van der Waals surface area contributed by atoms with Crippen LogP contribution in [0.15, 0.2) is 35.5 Å². The van der Waals surface area contributed by atoms with Crippen molar-refractivity contribution in [1.82, 2.24) is 26.3 Å². The lowest BCUT2D eigenvalue weighted by atomic mass is 10.0. The van der Waals surface area contributed by atoms with E-state index < -0.39 is 66.9 Å². The molecule has 0 saturated heterocycles. The Bertz CT molecular complexity index is 1310. The first-order chi connectivity index (χ1) is 20.3. The fourth-order valence-electron chi connectivity index (χ4n) is 4.07. The standard InChI is InChI=1S/C27H41N9O7/c1-14(2)22(28)25(41)35-19(10-15-11-32-17-7-4-3-6-16(15)17)23(39)33-12-21(38)34-18(8-5-9-31-27(29)30)24(40)36-20(13-37)26(42)43/h3-4,6-7,11,14,18-20,22,32,37H,5,8-10,12-13,28H2,1-2H3,(H,33,39)(H,34,38)(H,35,41)(H,36,40)(H,42,43)(H4,29,30,31)/t18-,19-,20-,22-/m0/s1. The zero-order chi connectivity index (χ0) is 32.1. The number of fused-ring (bicyclic) bond motifs is 1. The molecule has 0 bridgehead atoms. The number of aliphatic hydroxyl groups is 1. The predicted octanol–water partition coefficient (Wildman–Crippen LogP) is -2.61. The number of amides is 4. The molecule has 1 aromatic heterocycles. The molecule has 0 radical (unpaired) electrons. The van der Waals surface area contributed by atoms with E-state index >= 15 is 0 Å². The second-order valence-corrected chi connectivity index (χ2v) is 10.3. The van der Waals surface area contributed by atoms with E-state index in [4.69, 9.17) is 22.3 Å². The first kappa shape index (κ1) is 34.5. The first-order valence-corrected chi connectivity index (χ1v) is 13.7. The summed E-state index contributed by atoms with van der Waals surface area (Å²) in [5.41, 5.74) is 18.2. The molecule has 4 amide bonds. The highest BCUT2D eigenvalue weighted by molar-refractivity contribution is 5.94. The van der Waals surface area contributed by atoms with E-state index in [1.807, 2.05) is 24.3 Å². The minimum Gasteiger partial charge on any atom is -0.480 e. The number of aromatic nitrogens is 1. The van der Waals surface area contributed by atoms with Gasteiger partial charge in [-0.05, 0) is 30.4 Å². The number of hydrogen-bond donors (Lipinski definition) is 10. The van der Waals surface area contributed by atoms with Gasteiger partial charge < -0.3 is 53.7 Å². The Morgan fingerprint density at radius 1 is 0.953 bits per heavy atom. The average molecular weight is 604 g/mol. The van der Waals surface area contributed by atoms with E-state index in [2.05, 4.69) is 31.2 Å². The molecule has 16 nitrogen and oxygen atoms in total. The molecule has 1 aromatic carbocycles. The van der Waals surface area contributed by atoms with Gasteiger partial charge in [-0.15, -0.1) is 0 Å². The number of aliphatic imine (C=N–C) groups is 1. The predicted molar refractivity (Wildman–Crippen MR) is 158 cm³/mol. The van der Waals surface area contributed by atoms with Crippen LogP contribution in [0.1, 0.15) is 32.3 Å². The van der Waals surface area contributed by atoms with Crippen LogP contribution < -0.4 is 38.5 Å². The van der Waals surface area contributed by atoms with E-state index in [1.165, 1.54) is 0 Å². The van der Waals surface area contributed by atoms with Crippen molar-refractivity contribution in [2.45, 2.75) is 57.3 Å². The third-order valence-corrected chi connectivity index (χ3v) is 6.57. The van der Waals surface area contributed by atoms with Gasteiger partial charge >= 0.3 is 5.97 Å². The summed E-state index contributed by atoms with van der Waals surface area (Å²) in [6.07, 6.45) is 2.09. The van der Waals surface area contributed by atoms with Crippen LogP contribution in [0.3, 0.4) is 0 Å². The lowest BCUT2D eigenvalue weighted by Gasteiger charge is -2.23. The lowest BCUT2D eigenvalue weighted by Crippen LogP contribution is -2.56. The number of aliphatic carboxylic acids is 1. The van der Waals surface area contributed by atoms with E-state index in [-0.39, 0.29) is 37.7 Å². The van der Waals surface area contributed by atoms with Crippen molar-refractivity contribution in [1.29, 1.82) is 0 Å². The minimum absolute atomic E-state index is 0.0202. The van der Waals surface area contributed by atoms with Crippen LogP contribution in [0.4, 0.5) is 0 Å². The summed E-state index contributed by atoms with van der Waals surface area (Å²) in [4.78, 5) is 69.6. The molecule has 0 aliphatic rings. The van der Waals surface area contributed by atoms with E-state index in [0.29, 0.717) is 0 Å². The van der Waals surface area contributed by atoms with Crippen molar-refractivity contribution in [3.05, 3.63) is 36.0 Å². The summed E-state index contributed by atoms with van der Waals surface area (Å²) >= 11 is 0. The molecule has 0 spiro atoms. The molecular weight excluding hydrogens is 562 g/mol. The third-order valence-electron chi connectivity index (χ3n) is 6.57. The van der Waals surface area contributed by atoms with Crippen LogP contribution in [-0.2, 0) is 30.4 Å². The maximum atomic E-state index is 13.2. The molecule has 2 rings (SSSR count). The molecule has 2 aromatic rings. The SMILES string of the molecule is CC(C)[C@H](N)C(=O)N[C@@H](Cc1c[nH]c2ccccc12)C(=O)NCC(=O)N[C@@H](CCCN=C(N)N)C(=O)N[C@@H](CO)C(=O)O. The van der Waals surface area contributed by atoms with Gasteiger partial charge in [0.25, 0.3) is 0 Å². The Kier molecular flexibility index (Phi) is 13.4. The number of nitrogens with zero attached hydrogens (tertiary/aromatic N) is 1. The number of aromatic amines is 1. The number of carbonyl (C=O) groups is 5. The zero-order valence-electron chi connectivity index (χ0n) is 24.1. The molecule has 16 heteroatoms. The normalized spacial score (nSPS) is 13.8. The van der Waals surface area contributed by atoms with Crippen LogP contribution >= 0.6 is 0 Å². The van der Waals surface area contributed by atoms with Crippen LogP contribution in [0.2, 0.25) is 0 Å². The van der Waals surface area contributed by atoms with Gasteiger partial charge in [-0.3, -0.25) is 24.2 Å². The molecule has 4 atom stereocenters. The molecule has 0 fully saturated rings. The monoisotopic (exact) mass is 603 g/mol. The Morgan fingerprint density at radius 2 is 1.63 bits per heavy atom. The fourth-order valence-corrected chi connectivity index (χ4v) is 4.07. The van der Waals surface area contributed by atoms with Gasteiger partial charge in [0.05, 0.1) is 19.2 Å². The summed E-state index contributed by atoms with van der Waals surface area (Å²) < 4.78 is 0. The Morgan fingerprint density at radius 3 is 2.26 bits per heavy atom. The number of benzene rings is 1. The minimum atomic E-state index is -1.59. The Labute approximate surface area is 248 Å². The van der Waals surface area contributed by atoms with Crippen molar-refractivity contribution in [3.8, 4) is 0 Å². The highest BCUT2D eigenvalue weighted by Gasteiger charge is 2.28. The summed E-state index contributed by atoms with van der Waals surface area (Å²) in [5, 5.41) is 29.0. The van der Waals surface area contributed by atoms with Gasteiger partial charge in [0.1, 0.15) is 18.1 Å². The third kappa shape index (κ3) is 10.9. The van der Waals surface area contributed by atoms with Crippen molar-refractivity contribution in [3.63, 3.8) is 0 Å². The topological polar surface area (TPSA) is 280 Å². The van der Waals surface area contributed by atoms with Gasteiger partial charge in [0.2, 0.25) is 23.6 Å². The number of hydrogen-bond acceptors (Lipinski definition) is 8. The number of carboxylic acids is 1. The van der Waals surface area contributed by atoms with Crippen LogP contribution in [0.25, 0.3) is 10.9 Å². The number of rotatable bonds is 17. The highest BCUT2D eigenvalue weighted by atomic mass is 16.4. The molecule has 43 heavy (non-hydrogen) atoms. The van der Waals surface area contributed by atoms with Crippen molar-refractivity contribution in [2.24, 2.45) is 28.1 Å². The molecule has 0 saturated carbocycles. The number of nitrogens with two attached hydrogens (primary N) is 3. The molecule has 13 N–H and O–H groups in total. The van der Waals surface area contributed by atoms with Crippen LogP contribution in [0, 0.1) is 5.92 Å². The van der Waals surface area contributed by atoms with Crippen molar-refractivity contribution < 1.29 is 34.2 Å². The fraction of sp³-hybridized carbons (Fsp3) is 0.481. The number of carboxylic acid groups (broad SMARTS) is 1. The maximum Gasteiger partial charge on any atom is 0.328 e. The number of para-hydroxylation sites is 1. The van der Waals surface area contributed by atoms with Crippen LogP contribution in [0.5, 0.6) is 0 Å². The second-order valence-electron chi connectivity index (χ2n) is 10.3. The highest BCUT2D eigenvalue weighted by Crippen LogP contribution is 2.19. The zero-order valence-corrected chi connectivity index (χ0v) is 24.1. The molecule has 0 aliphatic carbocycles.